The highest BCUT2D eigenvalue weighted by Crippen LogP contribution is 2.50. The van der Waals surface area contributed by atoms with Crippen molar-refractivity contribution in [1.29, 1.82) is 0 Å². The lowest BCUT2D eigenvalue weighted by Crippen LogP contribution is -2.75. The van der Waals surface area contributed by atoms with Crippen LogP contribution >= 0.6 is 0 Å². The van der Waals surface area contributed by atoms with E-state index >= 15 is 0 Å². The van der Waals surface area contributed by atoms with Gasteiger partial charge in [-0.3, -0.25) is 0 Å². The van der Waals surface area contributed by atoms with E-state index < -0.39 is 8.07 Å². The third-order valence-electron chi connectivity index (χ3n) is 21.0. The number of para-hydroxylation sites is 4. The van der Waals surface area contributed by atoms with Crippen molar-refractivity contribution in [2.75, 3.05) is 14.4 Å². The molecule has 0 saturated heterocycles. The maximum absolute atomic E-state index is 3.33. The molecule has 6 aliphatic rings. The summed E-state index contributed by atoms with van der Waals surface area (Å²) >= 11 is 0. The van der Waals surface area contributed by atoms with Crippen LogP contribution in [0.15, 0.2) is 328 Å². The van der Waals surface area contributed by atoms with E-state index in [1.165, 1.54) is 166 Å². The second-order valence-corrected chi connectivity index (χ2v) is 29.1. The monoisotopic (exact) mass is 1170 g/mol. The molecule has 0 amide bonds. The molecule has 6 aliphatic heterocycles. The molecule has 0 fully saturated rings. The van der Waals surface area contributed by atoms with Gasteiger partial charge in [0.25, 0.3) is 0 Å². The van der Waals surface area contributed by atoms with Gasteiger partial charge in [-0.05, 0) is 140 Å². The summed E-state index contributed by atoms with van der Waals surface area (Å²) in [5, 5.41) is 5.35. The number of anilines is 6. The Morgan fingerprint density at radius 2 is 0.451 bits per heavy atom. The third-order valence-corrected chi connectivity index (χ3v) is 25.8. The molecule has 7 heteroatoms. The highest BCUT2D eigenvalue weighted by atomic mass is 28.3. The number of benzene rings is 14. The number of hydrogen-bond donors (Lipinski definition) is 0. The molecule has 0 spiro atoms. The molecule has 14 aromatic carbocycles. The highest BCUT2D eigenvalue weighted by Gasteiger charge is 2.49. The molecular formula is C84H54B3N3Si. The first-order valence-corrected chi connectivity index (χ1v) is 34.0. The lowest BCUT2D eigenvalue weighted by molar-refractivity contribution is 1.35. The molecule has 0 bridgehead atoms. The Labute approximate surface area is 532 Å². The predicted molar refractivity (Wildman–Crippen MR) is 389 cm³/mol. The Bertz CT molecular complexity index is 5200. The van der Waals surface area contributed by atoms with Crippen LogP contribution in [0.1, 0.15) is 0 Å². The largest absolute Gasteiger partial charge is 0.376 e. The van der Waals surface area contributed by atoms with Crippen LogP contribution in [0.3, 0.4) is 0 Å². The van der Waals surface area contributed by atoms with E-state index in [1.54, 1.807) is 0 Å². The maximum Gasteiger partial charge on any atom is 0.329 e. The average molecular weight is 1170 g/mol. The van der Waals surface area contributed by atoms with E-state index in [1.807, 2.05) is 0 Å². The summed E-state index contributed by atoms with van der Waals surface area (Å²) in [6, 6.07) is 126. The fraction of sp³-hybridized carbons (Fsp3) is 0. The van der Waals surface area contributed by atoms with Crippen molar-refractivity contribution >= 4 is 116 Å². The van der Waals surface area contributed by atoms with E-state index in [0.717, 1.165) is 0 Å². The minimum atomic E-state index is -3.33. The van der Waals surface area contributed by atoms with Crippen LogP contribution < -0.4 is 68.0 Å². The summed E-state index contributed by atoms with van der Waals surface area (Å²) in [5.74, 6) is 0. The first-order chi connectivity index (χ1) is 45.2. The Hall–Kier alpha value is -11.1. The Morgan fingerprint density at radius 3 is 0.846 bits per heavy atom. The van der Waals surface area contributed by atoms with Crippen molar-refractivity contribution in [3.05, 3.63) is 328 Å². The van der Waals surface area contributed by atoms with E-state index in [2.05, 4.69) is 342 Å². The summed E-state index contributed by atoms with van der Waals surface area (Å²) in [5.41, 5.74) is 33.2. The number of hydrogen-bond acceptors (Lipinski definition) is 3. The quantitative estimate of drug-likeness (QED) is 0.126. The van der Waals surface area contributed by atoms with Crippen LogP contribution in [-0.2, 0) is 0 Å². The van der Waals surface area contributed by atoms with Crippen LogP contribution in [0, 0.1) is 0 Å². The van der Waals surface area contributed by atoms with Crippen molar-refractivity contribution in [2.24, 2.45) is 0 Å². The van der Waals surface area contributed by atoms with E-state index in [9.17, 15) is 0 Å². The topological polar surface area (TPSA) is 9.72 Å². The molecule has 91 heavy (non-hydrogen) atoms. The Morgan fingerprint density at radius 1 is 0.176 bits per heavy atom. The maximum atomic E-state index is 2.64. The SMILES string of the molecule is c1ccc([Si](c2ccc(-c3ccc4c(c3)-c3ccccc3N3B4c4ccccc4-c4ccccc43)cc2)(c2ccc3c(c2)-c2ccccc2B2c4ccccc4-c4ccccc4N23)c2ccc3c(c2)-c2ccccc2B2c4ccccc4-c4ccccc4N23)cc1. The van der Waals surface area contributed by atoms with Gasteiger partial charge in [0.05, 0.1) is 0 Å². The predicted octanol–water partition coefficient (Wildman–Crippen LogP) is 13.4. The van der Waals surface area contributed by atoms with Crippen molar-refractivity contribution in [3.63, 3.8) is 0 Å². The van der Waals surface area contributed by atoms with Crippen molar-refractivity contribution in [2.45, 2.75) is 0 Å². The molecule has 14 aromatic rings. The normalized spacial score (nSPS) is 13.6. The highest BCUT2D eigenvalue weighted by molar-refractivity contribution is 7.20. The number of fused-ring (bicyclic) bond motifs is 33. The number of nitrogens with zero attached hydrogens (tertiary/aromatic N) is 3. The van der Waals surface area contributed by atoms with Gasteiger partial charge in [-0.25, -0.2) is 0 Å². The van der Waals surface area contributed by atoms with Crippen LogP contribution in [0.4, 0.5) is 34.1 Å². The van der Waals surface area contributed by atoms with E-state index in [4.69, 9.17) is 0 Å². The number of rotatable bonds is 5. The molecule has 0 N–H and O–H groups in total. The van der Waals surface area contributed by atoms with Crippen LogP contribution in [0.25, 0.3) is 77.9 Å². The first kappa shape index (κ1) is 50.8. The molecule has 0 unspecified atom stereocenters. The second-order valence-electron chi connectivity index (χ2n) is 25.3. The first-order valence-electron chi connectivity index (χ1n) is 32.0. The molecule has 0 radical (unpaired) electrons. The molecule has 20 rings (SSSR count). The summed E-state index contributed by atoms with van der Waals surface area (Å²) in [6.07, 6.45) is 0. The van der Waals surface area contributed by atoms with Crippen molar-refractivity contribution < 1.29 is 0 Å². The van der Waals surface area contributed by atoms with Gasteiger partial charge >= 0.3 is 20.5 Å². The second kappa shape index (κ2) is 19.4. The summed E-state index contributed by atoms with van der Waals surface area (Å²) in [7, 11) is -3.33. The fourth-order valence-corrected chi connectivity index (χ4v) is 22.1. The zero-order chi connectivity index (χ0) is 59.5. The summed E-state index contributed by atoms with van der Waals surface area (Å²) in [6.45, 7) is 0.0775. The molecule has 0 aromatic heterocycles. The van der Waals surface area contributed by atoms with Gasteiger partial charge in [-0.2, -0.15) is 0 Å². The van der Waals surface area contributed by atoms with Crippen LogP contribution in [0.5, 0.6) is 0 Å². The zero-order valence-corrected chi connectivity index (χ0v) is 50.8. The molecule has 0 atom stereocenters. The van der Waals surface area contributed by atoms with Gasteiger partial charge < -0.3 is 14.4 Å². The minimum Gasteiger partial charge on any atom is -0.376 e. The molecular weight excluding hydrogens is 1110 g/mol. The fourth-order valence-electron chi connectivity index (χ4n) is 17.3. The summed E-state index contributed by atoms with van der Waals surface area (Å²) in [4.78, 5) is 7.86. The third kappa shape index (κ3) is 7.07. The molecule has 0 aliphatic carbocycles. The molecule has 3 nitrogen and oxygen atoms in total. The zero-order valence-electron chi connectivity index (χ0n) is 49.8. The van der Waals surface area contributed by atoms with E-state index in [-0.39, 0.29) is 20.5 Å². The lowest BCUT2D eigenvalue weighted by Gasteiger charge is -2.45. The Kier molecular flexibility index (Phi) is 10.9. The van der Waals surface area contributed by atoms with Gasteiger partial charge in [0.1, 0.15) is 0 Å². The van der Waals surface area contributed by atoms with E-state index in [0.29, 0.717) is 0 Å². The van der Waals surface area contributed by atoms with Crippen LogP contribution in [0.2, 0.25) is 0 Å². The molecule has 0 saturated carbocycles. The molecule has 418 valence electrons. The standard InChI is InChI=1S/C84H54B3N3Si/c1-2-22-57(23-3-1)91(59-47-50-83-71(53-59)64-27-7-16-36-76(64)85-73-33-13-4-24-61(73)67-30-10-19-39-80(67)89(83)85,60-48-51-84-72(54-60)65-28-8-17-37-77(65)86-74-34-14-5-25-62(74)68-31-11-20-40-81(68)90(84)86)58-45-42-55(43-46-58)56-44-49-78-70(52-56)69-32-12-21-41-82(69)88-79-38-18-9-29-66(79)63-26-6-15-35-75(63)87(78)88/h1-54H. The van der Waals surface area contributed by atoms with Gasteiger partial charge in [0, 0.05) is 67.5 Å². The summed E-state index contributed by atoms with van der Waals surface area (Å²) < 4.78 is 0. The van der Waals surface area contributed by atoms with Crippen LogP contribution in [-0.4, -0.2) is 28.6 Å². The van der Waals surface area contributed by atoms with Gasteiger partial charge in [0.2, 0.25) is 0 Å². The lowest BCUT2D eigenvalue weighted by atomic mass is 9.43. The van der Waals surface area contributed by atoms with Gasteiger partial charge in [0.15, 0.2) is 8.07 Å². The van der Waals surface area contributed by atoms with Gasteiger partial charge in [-0.1, -0.05) is 285 Å². The van der Waals surface area contributed by atoms with Crippen molar-refractivity contribution in [3.8, 4) is 77.9 Å². The minimum absolute atomic E-state index is 0.0203. The van der Waals surface area contributed by atoms with Crippen molar-refractivity contribution in [1.82, 2.24) is 0 Å². The Balaban J connectivity index is 0.809. The smallest absolute Gasteiger partial charge is 0.329 e. The molecule has 6 heterocycles. The average Bonchev–Trinajstić information content (AvgIpc) is 0.730. The van der Waals surface area contributed by atoms with Gasteiger partial charge in [-0.15, -0.1) is 0 Å².